The zero-order valence-electron chi connectivity index (χ0n) is 27.1. The van der Waals surface area contributed by atoms with E-state index in [0.29, 0.717) is 51.7 Å². The Morgan fingerprint density at radius 2 is 1.27 bits per heavy atom. The molecular formula is C34H34N4O9S2. The number of rotatable bonds is 7. The number of hydrogen-bond acceptors (Lipinski definition) is 11. The number of benzene rings is 2. The quantitative estimate of drug-likeness (QED) is 0.171. The van der Waals surface area contributed by atoms with E-state index in [1.165, 1.54) is 20.3 Å². The van der Waals surface area contributed by atoms with Crippen LogP contribution in [0, 0.1) is 13.8 Å². The fraction of sp³-hybridized carbons (Fsp3) is 0.235. The fourth-order valence-electron chi connectivity index (χ4n) is 5.02. The first-order valence-electron chi connectivity index (χ1n) is 14.8. The van der Waals surface area contributed by atoms with Crippen molar-refractivity contribution in [2.45, 2.75) is 39.8 Å². The molecule has 2 aliphatic heterocycles. The lowest BCUT2D eigenvalue weighted by Crippen LogP contribution is -2.22. The van der Waals surface area contributed by atoms with Gasteiger partial charge in [0.25, 0.3) is 5.91 Å². The van der Waals surface area contributed by atoms with Crippen LogP contribution in [0.5, 0.6) is 0 Å². The van der Waals surface area contributed by atoms with Gasteiger partial charge in [0.2, 0.25) is 11.8 Å². The second-order valence-corrected chi connectivity index (χ2v) is 12.9. The van der Waals surface area contributed by atoms with E-state index >= 15 is 0 Å². The Morgan fingerprint density at radius 1 is 0.796 bits per heavy atom. The third-order valence-electron chi connectivity index (χ3n) is 7.44. The van der Waals surface area contributed by atoms with E-state index < -0.39 is 17.9 Å². The molecule has 0 saturated heterocycles. The van der Waals surface area contributed by atoms with Crippen molar-refractivity contribution in [3.8, 4) is 0 Å². The van der Waals surface area contributed by atoms with Gasteiger partial charge in [-0.15, -0.1) is 22.7 Å². The Balaban J connectivity index is 0.000000182. The van der Waals surface area contributed by atoms with Crippen LogP contribution in [-0.4, -0.2) is 55.0 Å². The van der Waals surface area contributed by atoms with Crippen LogP contribution >= 0.6 is 22.7 Å². The summed E-state index contributed by atoms with van der Waals surface area (Å²) < 4.78 is 9.19. The van der Waals surface area contributed by atoms with Crippen LogP contribution < -0.4 is 21.7 Å². The van der Waals surface area contributed by atoms with Crippen molar-refractivity contribution in [3.05, 3.63) is 101 Å². The van der Waals surface area contributed by atoms with E-state index in [0.717, 1.165) is 56.3 Å². The molecule has 3 amide bonds. The minimum absolute atomic E-state index is 0.0413. The van der Waals surface area contributed by atoms with Gasteiger partial charge in [0, 0.05) is 24.5 Å². The molecule has 13 nitrogen and oxygen atoms in total. The highest BCUT2D eigenvalue weighted by Crippen LogP contribution is 2.28. The smallest absolute Gasteiger partial charge is 0.348 e. The largest absolute Gasteiger partial charge is 0.477 e. The second-order valence-electron chi connectivity index (χ2n) is 10.8. The lowest BCUT2D eigenvalue weighted by molar-refractivity contribution is -0.115. The lowest BCUT2D eigenvalue weighted by Gasteiger charge is -2.08. The number of ether oxygens (including phenoxy) is 2. The molecule has 15 heteroatoms. The van der Waals surface area contributed by atoms with Gasteiger partial charge in [0.05, 0.1) is 31.9 Å². The average Bonchev–Trinajstić information content (AvgIpc) is 3.87. The van der Waals surface area contributed by atoms with Crippen molar-refractivity contribution in [1.29, 1.82) is 0 Å². The first kappa shape index (κ1) is 36.5. The van der Waals surface area contributed by atoms with Crippen LogP contribution in [-0.2, 0) is 45.0 Å². The molecule has 4 heterocycles. The maximum Gasteiger partial charge on any atom is 0.348 e. The molecule has 6 rings (SSSR count). The third kappa shape index (κ3) is 8.76. The highest BCUT2D eigenvalue weighted by atomic mass is 32.1. The number of thiophene rings is 2. The van der Waals surface area contributed by atoms with Crippen LogP contribution in [0.15, 0.2) is 48.5 Å². The zero-order valence-corrected chi connectivity index (χ0v) is 28.7. The predicted octanol–water partition coefficient (Wildman–Crippen LogP) is 4.45. The number of nitrogens with one attached hydrogen (secondary N) is 3. The standard InChI is InChI=1S/C17H16N2O4S.C9H10N2O.C8H8O4S/c1-9-6-13(24-15(9)17(22)23-2)16(21)18-8-10-4-3-5-12-11(10)7-14(20)19-12;10-5-6-2-1-3-8-7(6)4-9(12)11-8;1-4-3-5(7(9)10)13-6(4)8(11)12-2/h3-6H,7-8H2,1-2H3,(H,18,21)(H,19,20);1-3H,4-5,10H2,(H,11,12);3H,1-2H3,(H,9,10). The molecule has 0 bridgehead atoms. The van der Waals surface area contributed by atoms with Crippen LogP contribution in [0.1, 0.15) is 72.1 Å². The number of esters is 2. The summed E-state index contributed by atoms with van der Waals surface area (Å²) in [4.78, 5) is 69.5. The number of aryl methyl sites for hydroxylation is 2. The number of carboxylic acid groups (broad SMARTS) is 1. The number of anilines is 2. The number of methoxy groups -OCH3 is 2. The fourth-order valence-corrected chi connectivity index (χ4v) is 6.96. The Hall–Kier alpha value is -5.38. The van der Waals surface area contributed by atoms with E-state index in [4.69, 9.17) is 15.6 Å². The average molecular weight is 707 g/mol. The molecule has 0 saturated carbocycles. The molecule has 0 aliphatic carbocycles. The first-order chi connectivity index (χ1) is 23.4. The molecule has 0 spiro atoms. The number of nitrogens with two attached hydrogens (primary N) is 1. The lowest BCUT2D eigenvalue weighted by atomic mass is 10.0. The number of carbonyl (C=O) groups excluding carboxylic acids is 5. The summed E-state index contributed by atoms with van der Waals surface area (Å²) in [6.07, 6.45) is 0.800. The summed E-state index contributed by atoms with van der Waals surface area (Å²) >= 11 is 2.03. The first-order valence-corrected chi connectivity index (χ1v) is 16.4. The van der Waals surface area contributed by atoms with Crippen LogP contribution in [0.4, 0.5) is 11.4 Å². The number of carbonyl (C=O) groups is 6. The van der Waals surface area contributed by atoms with Crippen LogP contribution in [0.25, 0.3) is 0 Å². The molecule has 0 unspecified atom stereocenters. The topological polar surface area (TPSA) is 203 Å². The van der Waals surface area contributed by atoms with E-state index in [1.807, 2.05) is 36.4 Å². The molecule has 2 aromatic carbocycles. The van der Waals surface area contributed by atoms with Crippen LogP contribution in [0.2, 0.25) is 0 Å². The Kier molecular flexibility index (Phi) is 12.0. The molecule has 0 atom stereocenters. The number of carboxylic acids is 1. The summed E-state index contributed by atoms with van der Waals surface area (Å²) in [6.45, 7) is 4.26. The summed E-state index contributed by atoms with van der Waals surface area (Å²) in [7, 11) is 2.58. The molecule has 49 heavy (non-hydrogen) atoms. The van der Waals surface area contributed by atoms with Gasteiger partial charge in [-0.1, -0.05) is 24.3 Å². The van der Waals surface area contributed by atoms with Crippen molar-refractivity contribution in [3.63, 3.8) is 0 Å². The van der Waals surface area contributed by atoms with E-state index in [9.17, 15) is 28.8 Å². The minimum atomic E-state index is -1.02. The molecule has 0 radical (unpaired) electrons. The minimum Gasteiger partial charge on any atom is -0.477 e. The summed E-state index contributed by atoms with van der Waals surface area (Å²) in [5.74, 6) is -2.19. The number of hydrogen-bond donors (Lipinski definition) is 5. The highest BCUT2D eigenvalue weighted by molar-refractivity contribution is 7.16. The number of amides is 3. The summed E-state index contributed by atoms with van der Waals surface area (Å²) in [5, 5.41) is 17.0. The number of aromatic carboxylic acids is 1. The van der Waals surface area contributed by atoms with E-state index in [2.05, 4.69) is 20.7 Å². The van der Waals surface area contributed by atoms with Gasteiger partial charge in [0.1, 0.15) is 14.6 Å². The monoisotopic (exact) mass is 706 g/mol. The molecule has 6 N–H and O–H groups in total. The Bertz CT molecular complexity index is 1950. The highest BCUT2D eigenvalue weighted by Gasteiger charge is 2.22. The van der Waals surface area contributed by atoms with Gasteiger partial charge in [-0.3, -0.25) is 14.4 Å². The van der Waals surface area contributed by atoms with Gasteiger partial charge >= 0.3 is 17.9 Å². The van der Waals surface area contributed by atoms with Gasteiger partial charge in [-0.2, -0.15) is 0 Å². The molecule has 2 aromatic heterocycles. The molecular weight excluding hydrogens is 673 g/mol. The number of fused-ring (bicyclic) bond motifs is 2. The van der Waals surface area contributed by atoms with E-state index in [-0.39, 0.29) is 22.6 Å². The predicted molar refractivity (Wildman–Crippen MR) is 184 cm³/mol. The normalized spacial score (nSPS) is 12.2. The second kappa shape index (κ2) is 16.1. The van der Waals surface area contributed by atoms with Gasteiger partial charge in [-0.05, 0) is 71.5 Å². The van der Waals surface area contributed by atoms with Crippen molar-refractivity contribution in [2.75, 3.05) is 24.9 Å². The van der Waals surface area contributed by atoms with Crippen molar-refractivity contribution in [2.24, 2.45) is 5.73 Å². The maximum absolute atomic E-state index is 12.3. The Morgan fingerprint density at radius 3 is 1.73 bits per heavy atom. The SMILES string of the molecule is COC(=O)c1sc(C(=O)NCc2cccc3c2CC(=O)N3)cc1C.COC(=O)c1sc(C(=O)O)cc1C.NCc1cccc2c1CC(=O)N2. The molecule has 256 valence electrons. The molecule has 0 fully saturated rings. The summed E-state index contributed by atoms with van der Waals surface area (Å²) in [5.41, 5.74) is 12.5. The Labute approximate surface area is 289 Å². The third-order valence-corrected chi connectivity index (χ3v) is 9.86. The van der Waals surface area contributed by atoms with Crippen molar-refractivity contribution in [1.82, 2.24) is 5.32 Å². The van der Waals surface area contributed by atoms with Crippen molar-refractivity contribution < 1.29 is 43.3 Å². The molecule has 2 aliphatic rings. The van der Waals surface area contributed by atoms with Gasteiger partial charge < -0.3 is 36.3 Å². The van der Waals surface area contributed by atoms with E-state index in [1.54, 1.807) is 19.9 Å². The molecule has 4 aromatic rings. The van der Waals surface area contributed by atoms with Crippen molar-refractivity contribution >= 4 is 69.7 Å². The van der Waals surface area contributed by atoms with Crippen LogP contribution in [0.3, 0.4) is 0 Å². The van der Waals surface area contributed by atoms with Gasteiger partial charge in [0.15, 0.2) is 0 Å². The zero-order chi connectivity index (χ0) is 35.8. The van der Waals surface area contributed by atoms with Gasteiger partial charge in [-0.25, -0.2) is 14.4 Å². The summed E-state index contributed by atoms with van der Waals surface area (Å²) in [6, 6.07) is 14.5. The maximum atomic E-state index is 12.3.